The molecule has 8 heteroatoms. The van der Waals surface area contributed by atoms with Gasteiger partial charge in [0.2, 0.25) is 0 Å². The Hall–Kier alpha value is -1.74. The highest BCUT2D eigenvalue weighted by molar-refractivity contribution is 5.82. The molecule has 0 fully saturated rings. The predicted octanol–water partition coefficient (Wildman–Crippen LogP) is 0.370. The number of carbonyl (C=O) groups is 2. The van der Waals surface area contributed by atoms with E-state index < -0.39 is 24.1 Å². The second-order valence-corrected chi connectivity index (χ2v) is 5.07. The zero-order chi connectivity index (χ0) is 18.9. The topological polar surface area (TPSA) is 112 Å². The summed E-state index contributed by atoms with van der Waals surface area (Å²) in [4.78, 5) is 22.1. The third-order valence-electron chi connectivity index (χ3n) is 2.64. The van der Waals surface area contributed by atoms with Crippen molar-refractivity contribution in [2.75, 3.05) is 39.6 Å². The molecule has 8 nitrogen and oxygen atoms in total. The molecule has 0 saturated heterocycles. The highest BCUT2D eigenvalue weighted by Gasteiger charge is 2.08. The summed E-state index contributed by atoms with van der Waals surface area (Å²) in [5.74, 6) is -1.02. The molecule has 0 aromatic rings. The molecule has 0 rings (SSSR count). The summed E-state index contributed by atoms with van der Waals surface area (Å²) in [5, 5.41) is 19.1. The van der Waals surface area contributed by atoms with Crippen LogP contribution in [-0.2, 0) is 28.5 Å². The lowest BCUT2D eigenvalue weighted by atomic mass is 10.4. The van der Waals surface area contributed by atoms with Gasteiger partial charge in [-0.25, -0.2) is 9.59 Å². The van der Waals surface area contributed by atoms with Crippen LogP contribution >= 0.6 is 0 Å². The molecule has 0 saturated carbocycles. The maximum Gasteiger partial charge on any atom is 0.330 e. The Bertz CT molecular complexity index is 381. The minimum absolute atomic E-state index is 0.0483. The van der Waals surface area contributed by atoms with Gasteiger partial charge in [-0.05, 0) is 20.3 Å². The van der Waals surface area contributed by atoms with Crippen molar-refractivity contribution in [3.8, 4) is 0 Å². The Labute approximate surface area is 148 Å². The SMILES string of the molecule is CC=CC(=O)OCC(O)COCCCOCC(O)COC(=O)C=CC. The van der Waals surface area contributed by atoms with Gasteiger partial charge in [-0.15, -0.1) is 0 Å². The maximum absolute atomic E-state index is 11.0. The highest BCUT2D eigenvalue weighted by atomic mass is 16.6. The van der Waals surface area contributed by atoms with Crippen LogP contribution in [0.25, 0.3) is 0 Å². The standard InChI is InChI=1S/C17H28O8/c1-3-6-16(20)24-12-14(18)10-22-8-5-9-23-11-15(19)13-25-17(21)7-4-2/h3-4,6-7,14-15,18-19H,5,8-13H2,1-2H3. The zero-order valence-electron chi connectivity index (χ0n) is 14.8. The molecule has 0 bridgehead atoms. The minimum atomic E-state index is -0.885. The van der Waals surface area contributed by atoms with Crippen LogP contribution in [0.1, 0.15) is 20.3 Å². The lowest BCUT2D eigenvalue weighted by Crippen LogP contribution is -2.24. The fourth-order valence-corrected chi connectivity index (χ4v) is 1.52. The van der Waals surface area contributed by atoms with Crippen molar-refractivity contribution in [1.29, 1.82) is 0 Å². The lowest BCUT2D eigenvalue weighted by molar-refractivity contribution is -0.142. The number of carbonyl (C=O) groups excluding carboxylic acids is 2. The van der Waals surface area contributed by atoms with Crippen LogP contribution in [0.15, 0.2) is 24.3 Å². The van der Waals surface area contributed by atoms with Gasteiger partial charge >= 0.3 is 11.9 Å². The van der Waals surface area contributed by atoms with Gasteiger partial charge in [0.1, 0.15) is 25.4 Å². The lowest BCUT2D eigenvalue weighted by Gasteiger charge is -2.12. The van der Waals surface area contributed by atoms with Crippen LogP contribution in [0.4, 0.5) is 0 Å². The third-order valence-corrected chi connectivity index (χ3v) is 2.64. The number of hydrogen-bond donors (Lipinski definition) is 2. The van der Waals surface area contributed by atoms with Crippen molar-refractivity contribution in [1.82, 2.24) is 0 Å². The Morgan fingerprint density at radius 2 is 1.20 bits per heavy atom. The summed E-state index contributed by atoms with van der Waals surface area (Å²) in [5.41, 5.74) is 0. The third kappa shape index (κ3) is 15.5. The molecule has 0 amide bonds. The predicted molar refractivity (Wildman–Crippen MR) is 89.8 cm³/mol. The highest BCUT2D eigenvalue weighted by Crippen LogP contribution is 1.94. The van der Waals surface area contributed by atoms with E-state index in [1.165, 1.54) is 12.2 Å². The van der Waals surface area contributed by atoms with E-state index in [2.05, 4.69) is 0 Å². The van der Waals surface area contributed by atoms with Gasteiger partial charge in [-0.1, -0.05) is 12.2 Å². The van der Waals surface area contributed by atoms with E-state index in [9.17, 15) is 19.8 Å². The Balaban J connectivity index is 3.48. The summed E-state index contributed by atoms with van der Waals surface area (Å²) in [6.07, 6.45) is 4.42. The first kappa shape index (κ1) is 23.3. The first-order valence-electron chi connectivity index (χ1n) is 8.10. The molecule has 0 spiro atoms. The maximum atomic E-state index is 11.0. The molecule has 2 unspecified atom stereocenters. The summed E-state index contributed by atoms with van der Waals surface area (Å²) in [6.45, 7) is 3.93. The number of ether oxygens (including phenoxy) is 4. The summed E-state index contributed by atoms with van der Waals surface area (Å²) in [6, 6.07) is 0. The molecule has 0 heterocycles. The average molecular weight is 360 g/mol. The Kier molecular flexibility index (Phi) is 14.7. The van der Waals surface area contributed by atoms with Crippen molar-refractivity contribution >= 4 is 11.9 Å². The molecular weight excluding hydrogens is 332 g/mol. The van der Waals surface area contributed by atoms with Crippen molar-refractivity contribution in [2.45, 2.75) is 32.5 Å². The van der Waals surface area contributed by atoms with Gasteiger partial charge in [-0.2, -0.15) is 0 Å². The largest absolute Gasteiger partial charge is 0.460 e. The van der Waals surface area contributed by atoms with Gasteiger partial charge in [0, 0.05) is 25.4 Å². The molecule has 0 aliphatic rings. The monoisotopic (exact) mass is 360 g/mol. The number of aliphatic hydroxyl groups excluding tert-OH is 2. The fourth-order valence-electron chi connectivity index (χ4n) is 1.52. The minimum Gasteiger partial charge on any atom is -0.460 e. The van der Waals surface area contributed by atoms with Crippen LogP contribution < -0.4 is 0 Å². The molecule has 0 aliphatic carbocycles. The van der Waals surface area contributed by atoms with Crippen molar-refractivity contribution in [3.05, 3.63) is 24.3 Å². The summed E-state index contributed by atoms with van der Waals surface area (Å²) >= 11 is 0. The number of aliphatic hydroxyl groups is 2. The van der Waals surface area contributed by atoms with E-state index >= 15 is 0 Å². The molecule has 0 aromatic heterocycles. The van der Waals surface area contributed by atoms with Crippen LogP contribution in [0, 0.1) is 0 Å². The second kappa shape index (κ2) is 15.8. The Morgan fingerprint density at radius 1 is 0.800 bits per heavy atom. The molecule has 2 N–H and O–H groups in total. The van der Waals surface area contributed by atoms with E-state index in [4.69, 9.17) is 18.9 Å². The van der Waals surface area contributed by atoms with E-state index in [1.807, 2.05) is 0 Å². The fraction of sp³-hybridized carbons (Fsp3) is 0.647. The van der Waals surface area contributed by atoms with E-state index in [1.54, 1.807) is 26.0 Å². The quantitative estimate of drug-likeness (QED) is 0.260. The number of esters is 2. The van der Waals surface area contributed by atoms with E-state index in [0.29, 0.717) is 19.6 Å². The van der Waals surface area contributed by atoms with Crippen molar-refractivity contribution in [2.24, 2.45) is 0 Å². The molecule has 0 radical (unpaired) electrons. The number of hydrogen-bond acceptors (Lipinski definition) is 8. The first-order chi connectivity index (χ1) is 12.0. The summed E-state index contributed by atoms with van der Waals surface area (Å²) in [7, 11) is 0. The van der Waals surface area contributed by atoms with E-state index in [0.717, 1.165) is 0 Å². The van der Waals surface area contributed by atoms with Crippen LogP contribution in [0.2, 0.25) is 0 Å². The number of allylic oxidation sites excluding steroid dienone is 2. The van der Waals surface area contributed by atoms with Gasteiger partial charge in [0.05, 0.1) is 13.2 Å². The van der Waals surface area contributed by atoms with Gasteiger partial charge in [0.25, 0.3) is 0 Å². The molecule has 144 valence electrons. The van der Waals surface area contributed by atoms with Crippen LogP contribution in [-0.4, -0.2) is 74.0 Å². The van der Waals surface area contributed by atoms with Gasteiger partial charge < -0.3 is 29.2 Å². The average Bonchev–Trinajstić information content (AvgIpc) is 2.58. The molecule has 2 atom stereocenters. The Morgan fingerprint density at radius 3 is 1.56 bits per heavy atom. The normalized spacial score (nSPS) is 13.9. The second-order valence-electron chi connectivity index (χ2n) is 5.07. The first-order valence-corrected chi connectivity index (χ1v) is 8.10. The molecule has 0 aliphatic heterocycles. The van der Waals surface area contributed by atoms with E-state index in [-0.39, 0.29) is 26.4 Å². The molecule has 25 heavy (non-hydrogen) atoms. The zero-order valence-corrected chi connectivity index (χ0v) is 14.8. The van der Waals surface area contributed by atoms with Crippen molar-refractivity contribution < 1.29 is 38.7 Å². The smallest absolute Gasteiger partial charge is 0.330 e. The molecule has 0 aromatic carbocycles. The number of rotatable bonds is 14. The van der Waals surface area contributed by atoms with Crippen molar-refractivity contribution in [3.63, 3.8) is 0 Å². The van der Waals surface area contributed by atoms with Gasteiger partial charge in [-0.3, -0.25) is 0 Å². The molecular formula is C17H28O8. The van der Waals surface area contributed by atoms with Crippen LogP contribution in [0.5, 0.6) is 0 Å². The van der Waals surface area contributed by atoms with Gasteiger partial charge in [0.15, 0.2) is 0 Å². The summed E-state index contributed by atoms with van der Waals surface area (Å²) < 4.78 is 20.0. The van der Waals surface area contributed by atoms with Crippen LogP contribution in [0.3, 0.4) is 0 Å².